The smallest absolute Gasteiger partial charge is 0.246 e. The summed E-state index contributed by atoms with van der Waals surface area (Å²) in [5, 5.41) is 14.6. The average molecular weight is 360 g/mol. The molecule has 0 bridgehead atoms. The highest BCUT2D eigenvalue weighted by molar-refractivity contribution is 6.31. The Hall–Kier alpha value is -2.11. The highest BCUT2D eigenvalue weighted by Crippen LogP contribution is 2.32. The molecule has 1 amide bonds. The van der Waals surface area contributed by atoms with Crippen molar-refractivity contribution in [3.8, 4) is 0 Å². The summed E-state index contributed by atoms with van der Waals surface area (Å²) in [6, 6.07) is 5.71. The number of hydrogen-bond donors (Lipinski definition) is 1. The van der Waals surface area contributed by atoms with E-state index < -0.39 is 0 Å². The van der Waals surface area contributed by atoms with Crippen LogP contribution >= 0.6 is 11.6 Å². The van der Waals surface area contributed by atoms with E-state index in [1.54, 1.807) is 21.7 Å². The number of amides is 1. The molecule has 0 aliphatic carbocycles. The van der Waals surface area contributed by atoms with Gasteiger partial charge in [0, 0.05) is 55.9 Å². The van der Waals surface area contributed by atoms with Crippen molar-refractivity contribution in [3.63, 3.8) is 0 Å². The number of nitrogens with zero attached hydrogens (tertiary/aromatic N) is 3. The van der Waals surface area contributed by atoms with Crippen molar-refractivity contribution < 1.29 is 9.90 Å². The maximum absolute atomic E-state index is 12.5. The first-order valence-corrected chi connectivity index (χ1v) is 8.68. The van der Waals surface area contributed by atoms with Crippen LogP contribution in [0.2, 0.25) is 5.02 Å². The molecule has 132 valence electrons. The second-order valence-electron chi connectivity index (χ2n) is 6.58. The maximum atomic E-state index is 12.5. The Balaban J connectivity index is 1.70. The molecular weight excluding hydrogens is 338 g/mol. The van der Waals surface area contributed by atoms with Gasteiger partial charge in [-0.1, -0.05) is 23.7 Å². The molecule has 2 heterocycles. The lowest BCUT2D eigenvalue weighted by molar-refractivity contribution is -0.125. The number of hydrogen-bond acceptors (Lipinski definition) is 3. The Bertz CT molecular complexity index is 800. The van der Waals surface area contributed by atoms with Gasteiger partial charge in [0.25, 0.3) is 0 Å². The Labute approximate surface area is 152 Å². The molecule has 1 aromatic carbocycles. The lowest BCUT2D eigenvalue weighted by atomic mass is 9.92. The molecule has 1 N–H and O–H groups in total. The van der Waals surface area contributed by atoms with Crippen LogP contribution < -0.4 is 0 Å². The summed E-state index contributed by atoms with van der Waals surface area (Å²) < 4.78 is 1.75. The summed E-state index contributed by atoms with van der Waals surface area (Å²) >= 11 is 6.12. The van der Waals surface area contributed by atoms with E-state index in [0.717, 1.165) is 16.7 Å². The van der Waals surface area contributed by atoms with Crippen LogP contribution in [-0.2, 0) is 11.8 Å². The van der Waals surface area contributed by atoms with Crippen LogP contribution in [0.5, 0.6) is 0 Å². The SMILES string of the molecule is Cc1ccc(/C=C/C(=O)N2C[C@@H](CO)[C@H](c3cnn(C)c3)C2)cc1Cl. The number of aliphatic hydroxyl groups excluding tert-OH is 1. The number of rotatable bonds is 4. The maximum Gasteiger partial charge on any atom is 0.246 e. The summed E-state index contributed by atoms with van der Waals surface area (Å²) in [6.07, 6.45) is 7.11. The third-order valence-corrected chi connectivity index (χ3v) is 5.16. The van der Waals surface area contributed by atoms with Crippen molar-refractivity contribution in [1.82, 2.24) is 14.7 Å². The Morgan fingerprint density at radius 1 is 1.44 bits per heavy atom. The molecule has 0 saturated carbocycles. The Kier molecular flexibility index (Phi) is 5.25. The van der Waals surface area contributed by atoms with E-state index in [9.17, 15) is 9.90 Å². The zero-order valence-electron chi connectivity index (χ0n) is 14.4. The van der Waals surface area contributed by atoms with Crippen LogP contribution in [0.25, 0.3) is 6.08 Å². The summed E-state index contributed by atoms with van der Waals surface area (Å²) in [7, 11) is 1.87. The van der Waals surface area contributed by atoms with E-state index in [1.165, 1.54) is 0 Å². The normalized spacial score (nSPS) is 20.6. The second-order valence-corrected chi connectivity index (χ2v) is 6.99. The van der Waals surface area contributed by atoms with E-state index in [1.807, 2.05) is 44.6 Å². The highest BCUT2D eigenvalue weighted by atomic mass is 35.5. The lowest BCUT2D eigenvalue weighted by Crippen LogP contribution is -2.27. The first kappa shape index (κ1) is 17.7. The zero-order chi connectivity index (χ0) is 18.0. The van der Waals surface area contributed by atoms with Gasteiger partial charge in [-0.3, -0.25) is 9.48 Å². The molecule has 0 spiro atoms. The third-order valence-electron chi connectivity index (χ3n) is 4.75. The number of aliphatic hydroxyl groups is 1. The summed E-state index contributed by atoms with van der Waals surface area (Å²) in [4.78, 5) is 14.3. The summed E-state index contributed by atoms with van der Waals surface area (Å²) in [5.74, 6) is 0.0989. The number of carbonyl (C=O) groups excluding carboxylic acids is 1. The van der Waals surface area contributed by atoms with Crippen molar-refractivity contribution in [2.75, 3.05) is 19.7 Å². The fourth-order valence-corrected chi connectivity index (χ4v) is 3.42. The predicted octanol–water partition coefficient (Wildman–Crippen LogP) is 2.63. The monoisotopic (exact) mass is 359 g/mol. The number of likely N-dealkylation sites (tertiary alicyclic amines) is 1. The van der Waals surface area contributed by atoms with Crippen molar-refractivity contribution >= 4 is 23.6 Å². The van der Waals surface area contributed by atoms with Gasteiger partial charge in [-0.2, -0.15) is 5.10 Å². The van der Waals surface area contributed by atoms with Gasteiger partial charge in [-0.25, -0.2) is 0 Å². The molecule has 1 saturated heterocycles. The van der Waals surface area contributed by atoms with E-state index in [2.05, 4.69) is 5.10 Å². The molecule has 2 atom stereocenters. The molecule has 2 aromatic rings. The molecule has 1 fully saturated rings. The number of halogens is 1. The van der Waals surface area contributed by atoms with Gasteiger partial charge >= 0.3 is 0 Å². The standard InChI is InChI=1S/C19H22ClN3O2/c1-13-3-4-14(7-18(13)20)5-6-19(25)23-10-16(12-24)17(11-23)15-8-21-22(2)9-15/h3-9,16-17,24H,10-12H2,1-2H3/b6-5+/t16-,17-/m0/s1. The van der Waals surface area contributed by atoms with E-state index in [4.69, 9.17) is 11.6 Å². The van der Waals surface area contributed by atoms with Crippen LogP contribution in [-0.4, -0.2) is 45.4 Å². The predicted molar refractivity (Wildman–Crippen MR) is 98.3 cm³/mol. The molecule has 0 unspecified atom stereocenters. The molecule has 3 rings (SSSR count). The van der Waals surface area contributed by atoms with Gasteiger partial charge in [-0.05, 0) is 35.8 Å². The van der Waals surface area contributed by atoms with Crippen molar-refractivity contribution in [3.05, 3.63) is 58.4 Å². The van der Waals surface area contributed by atoms with E-state index in [-0.39, 0.29) is 24.3 Å². The topological polar surface area (TPSA) is 58.4 Å². The van der Waals surface area contributed by atoms with Crippen LogP contribution in [0.3, 0.4) is 0 Å². The number of aryl methyl sites for hydroxylation is 2. The Morgan fingerprint density at radius 2 is 2.24 bits per heavy atom. The van der Waals surface area contributed by atoms with Gasteiger partial charge in [0.15, 0.2) is 0 Å². The van der Waals surface area contributed by atoms with Gasteiger partial charge in [0.05, 0.1) is 6.20 Å². The van der Waals surface area contributed by atoms with Crippen molar-refractivity contribution in [1.29, 1.82) is 0 Å². The fraction of sp³-hybridized carbons (Fsp3) is 0.368. The quantitative estimate of drug-likeness (QED) is 0.854. The fourth-order valence-electron chi connectivity index (χ4n) is 3.23. The molecule has 6 heteroatoms. The first-order valence-electron chi connectivity index (χ1n) is 8.30. The molecule has 0 radical (unpaired) electrons. The molecule has 1 aliphatic rings. The summed E-state index contributed by atoms with van der Waals surface area (Å²) in [5.41, 5.74) is 2.96. The van der Waals surface area contributed by atoms with Gasteiger partial charge in [0.1, 0.15) is 0 Å². The molecule has 5 nitrogen and oxygen atoms in total. The summed E-state index contributed by atoms with van der Waals surface area (Å²) in [6.45, 7) is 3.14. The average Bonchev–Trinajstić information content (AvgIpc) is 3.21. The van der Waals surface area contributed by atoms with Crippen molar-refractivity contribution in [2.24, 2.45) is 13.0 Å². The third kappa shape index (κ3) is 3.94. The lowest BCUT2D eigenvalue weighted by Gasteiger charge is -2.13. The highest BCUT2D eigenvalue weighted by Gasteiger charge is 2.35. The van der Waals surface area contributed by atoms with Gasteiger partial charge < -0.3 is 10.0 Å². The first-order chi connectivity index (χ1) is 12.0. The second kappa shape index (κ2) is 7.42. The minimum absolute atomic E-state index is 0.0374. The van der Waals surface area contributed by atoms with E-state index in [0.29, 0.717) is 18.1 Å². The van der Waals surface area contributed by atoms with Crippen molar-refractivity contribution in [2.45, 2.75) is 12.8 Å². The number of carbonyl (C=O) groups is 1. The van der Waals surface area contributed by atoms with Crippen LogP contribution in [0, 0.1) is 12.8 Å². The molecular formula is C19H22ClN3O2. The molecule has 25 heavy (non-hydrogen) atoms. The van der Waals surface area contributed by atoms with Crippen LogP contribution in [0.1, 0.15) is 22.6 Å². The largest absolute Gasteiger partial charge is 0.396 e. The molecule has 1 aliphatic heterocycles. The minimum Gasteiger partial charge on any atom is -0.396 e. The molecule has 1 aromatic heterocycles. The van der Waals surface area contributed by atoms with Crippen LogP contribution in [0.4, 0.5) is 0 Å². The number of benzene rings is 1. The van der Waals surface area contributed by atoms with Gasteiger partial charge in [0.2, 0.25) is 5.91 Å². The minimum atomic E-state index is -0.0541. The Morgan fingerprint density at radius 3 is 2.88 bits per heavy atom. The van der Waals surface area contributed by atoms with Gasteiger partial charge in [-0.15, -0.1) is 0 Å². The zero-order valence-corrected chi connectivity index (χ0v) is 15.1. The number of aromatic nitrogens is 2. The van der Waals surface area contributed by atoms with E-state index >= 15 is 0 Å². The van der Waals surface area contributed by atoms with Crippen LogP contribution in [0.15, 0.2) is 36.7 Å².